The van der Waals surface area contributed by atoms with E-state index in [9.17, 15) is 53.1 Å². The smallest absolute Gasteiger partial charge is 0.325 e. The predicted octanol–water partition coefficient (Wildman–Crippen LogP) is -5.03. The number of nitrogens with two attached hydrogens (primary N) is 8. The van der Waals surface area contributed by atoms with Gasteiger partial charge in [0.15, 0.2) is 17.9 Å². The van der Waals surface area contributed by atoms with Crippen molar-refractivity contribution >= 4 is 153 Å². The molecule has 2 heterocycles. The molecule has 38 N–H and O–H groups in total. The van der Waals surface area contributed by atoms with Crippen LogP contribution in [-0.4, -0.2) is 264 Å². The zero-order valence-electron chi connectivity index (χ0n) is 73.6. The number of unbranched alkanes of at least 4 members (excludes halogenated alkanes) is 3. The number of H-pyrrole nitrogens is 2. The summed E-state index contributed by atoms with van der Waals surface area (Å²) in [5.41, 5.74) is 48.2. The first-order valence-electron chi connectivity index (χ1n) is 43.2. The Morgan fingerprint density at radius 1 is 0.403 bits per heavy atom. The molecule has 0 unspecified atom stereocenters. The molecule has 2 aromatic heterocycles. The first kappa shape index (κ1) is 109. The van der Waals surface area contributed by atoms with Gasteiger partial charge in [0.1, 0.15) is 72.5 Å². The van der Waals surface area contributed by atoms with Crippen molar-refractivity contribution in [2.24, 2.45) is 51.8 Å². The summed E-state index contributed by atoms with van der Waals surface area (Å²) in [6, 6.07) is -4.72. The maximum atomic E-state index is 15.5. The zero-order chi connectivity index (χ0) is 95.7. The molecule has 47 heteroatoms. The number of amides is 14. The number of rotatable bonds is 64. The molecular weight excluding hydrogens is 1710 g/mol. The van der Waals surface area contributed by atoms with Crippen LogP contribution < -0.4 is 131 Å². The number of thiol groups is 1. The summed E-state index contributed by atoms with van der Waals surface area (Å²) < 4.78 is 0. The third-order valence-corrected chi connectivity index (χ3v) is 21.7. The molecule has 0 saturated carbocycles. The van der Waals surface area contributed by atoms with Gasteiger partial charge in [0, 0.05) is 78.8 Å². The minimum absolute atomic E-state index is 0.00425. The maximum absolute atomic E-state index is 15.5. The molecule has 0 saturated heterocycles. The number of hydrogen-bond acceptors (Lipinski definition) is 24. The van der Waals surface area contributed by atoms with Crippen molar-refractivity contribution in [3.05, 3.63) is 72.1 Å². The molecule has 14 amide bonds. The quantitative estimate of drug-likeness (QED) is 0.00851. The molecule has 0 radical (unpaired) electrons. The highest BCUT2D eigenvalue weighted by Gasteiger charge is 2.38. The van der Waals surface area contributed by atoms with Gasteiger partial charge >= 0.3 is 5.97 Å². The van der Waals surface area contributed by atoms with Crippen molar-refractivity contribution in [1.82, 2.24) is 95.0 Å². The summed E-state index contributed by atoms with van der Waals surface area (Å²) in [6.07, 6.45) is 5.56. The van der Waals surface area contributed by atoms with Crippen molar-refractivity contribution in [2.75, 3.05) is 63.6 Å². The molecular formula is C82H135N29O16S2. The van der Waals surface area contributed by atoms with Crippen LogP contribution in [0.15, 0.2) is 60.9 Å². The van der Waals surface area contributed by atoms with Gasteiger partial charge < -0.3 is 146 Å². The highest BCUT2D eigenvalue weighted by molar-refractivity contribution is 7.98. The molecule has 2 aromatic carbocycles. The van der Waals surface area contributed by atoms with Crippen LogP contribution in [0.3, 0.4) is 0 Å². The predicted molar refractivity (Wildman–Crippen MR) is 492 cm³/mol. The van der Waals surface area contributed by atoms with Crippen LogP contribution in [0.1, 0.15) is 154 Å². The van der Waals surface area contributed by atoms with Gasteiger partial charge in [-0.15, -0.1) is 0 Å². The first-order chi connectivity index (χ1) is 61.4. The molecule has 4 rings (SSSR count). The number of primary amides is 1. The Balaban J connectivity index is 1.79. The second-order valence-electron chi connectivity index (χ2n) is 31.7. The summed E-state index contributed by atoms with van der Waals surface area (Å²) >= 11 is 5.60. The first-order valence-corrected chi connectivity index (χ1v) is 45.2. The molecule has 0 aliphatic carbocycles. The Morgan fingerprint density at radius 2 is 0.729 bits per heavy atom. The molecule has 0 aliphatic rings. The van der Waals surface area contributed by atoms with E-state index in [1.165, 1.54) is 18.7 Å². The van der Waals surface area contributed by atoms with Crippen LogP contribution in [0.2, 0.25) is 0 Å². The molecule has 0 aliphatic heterocycles. The van der Waals surface area contributed by atoms with Gasteiger partial charge in [-0.1, -0.05) is 56.7 Å². The van der Waals surface area contributed by atoms with Gasteiger partial charge in [0.2, 0.25) is 82.7 Å². The van der Waals surface area contributed by atoms with E-state index in [-0.39, 0.29) is 146 Å². The molecule has 716 valence electrons. The molecule has 0 bridgehead atoms. The largest absolute Gasteiger partial charge is 0.480 e. The minimum Gasteiger partial charge on any atom is -0.480 e. The van der Waals surface area contributed by atoms with Crippen LogP contribution in [0.25, 0.3) is 21.8 Å². The van der Waals surface area contributed by atoms with Gasteiger partial charge in [0.25, 0.3) is 0 Å². The van der Waals surface area contributed by atoms with E-state index in [0.717, 1.165) is 0 Å². The molecule has 0 spiro atoms. The Bertz CT molecular complexity index is 4380. The van der Waals surface area contributed by atoms with Gasteiger partial charge in [0.05, 0.1) is 12.6 Å². The molecule has 13 atom stereocenters. The van der Waals surface area contributed by atoms with E-state index in [4.69, 9.17) is 62.1 Å². The lowest BCUT2D eigenvalue weighted by atomic mass is 10.0. The number of aliphatic carboxylic acids is 1. The highest BCUT2D eigenvalue weighted by Crippen LogP contribution is 2.23. The third-order valence-electron chi connectivity index (χ3n) is 20.7. The lowest BCUT2D eigenvalue weighted by molar-refractivity contribution is -0.141. The molecule has 0 fully saturated rings. The topological polar surface area (TPSA) is 780 Å². The average molecular weight is 1850 g/mol. The van der Waals surface area contributed by atoms with E-state index < -0.39 is 199 Å². The lowest BCUT2D eigenvalue weighted by Gasteiger charge is -2.29. The van der Waals surface area contributed by atoms with Crippen LogP contribution in [0, 0.1) is 22.1 Å². The summed E-state index contributed by atoms with van der Waals surface area (Å²) in [6.45, 7) is 4.98. The van der Waals surface area contributed by atoms with Crippen LogP contribution in [-0.2, 0) is 84.8 Å². The van der Waals surface area contributed by atoms with E-state index in [2.05, 4.69) is 108 Å². The number of guanidine groups is 3. The number of thioether (sulfide) groups is 1. The second kappa shape index (κ2) is 59.1. The van der Waals surface area contributed by atoms with Gasteiger partial charge in [-0.05, 0) is 177 Å². The Kier molecular flexibility index (Phi) is 50.1. The number of aromatic nitrogens is 2. The molecule has 129 heavy (non-hydrogen) atoms. The lowest BCUT2D eigenvalue weighted by Crippen LogP contribution is -2.61. The number of para-hydroxylation sites is 2. The third kappa shape index (κ3) is 40.8. The van der Waals surface area contributed by atoms with Crippen molar-refractivity contribution in [1.29, 1.82) is 16.2 Å². The second-order valence-corrected chi connectivity index (χ2v) is 33.0. The van der Waals surface area contributed by atoms with Gasteiger partial charge in [-0.25, -0.2) is 0 Å². The number of carbonyl (C=O) groups is 15. The van der Waals surface area contributed by atoms with Crippen LogP contribution >= 0.6 is 24.4 Å². The number of carboxylic acids is 1. The SMILES string of the molecule is CSCC[C@H](NC(=O)[C@H](CCCNC(=N)N)NC(=O)[C@H](Cc1c[nH]c2ccccc12)NC(=O)[C@H](CCC(N)=O)NC(=O)[C@H](Cc1c[nH]c2ccccc12)NC(=O)[C@H](CCCNC(=N)N)NC(=O)[C@H](CCCNC(=N)N)NC(=O)[C@H](CS)NC(=O)[C@@H](N)CCCCN)C(=O)N[C@@H](CCCCN)C(=O)N[C@@H](CCCCN)C(=O)N[C@@H](CC(C)C)C(=O)NCC(=O)N[C@@H](C)C(=O)O. The average Bonchev–Trinajstić information content (AvgIpc) is 1.68. The van der Waals surface area contributed by atoms with Gasteiger partial charge in [-0.2, -0.15) is 24.4 Å². The fraction of sp³-hybridized carbons (Fsp3) is 0.585. The summed E-state index contributed by atoms with van der Waals surface area (Å²) in [5, 5.41) is 76.1. The summed E-state index contributed by atoms with van der Waals surface area (Å²) in [4.78, 5) is 219. The number of carboxylic acid groups (broad SMARTS) is 1. The van der Waals surface area contributed by atoms with Crippen molar-refractivity contribution in [3.8, 4) is 0 Å². The van der Waals surface area contributed by atoms with E-state index >= 15 is 24.0 Å². The molecule has 4 aromatic rings. The summed E-state index contributed by atoms with van der Waals surface area (Å²) in [5.74, 6) is -15.2. The Hall–Kier alpha value is -12.1. The van der Waals surface area contributed by atoms with E-state index in [0.29, 0.717) is 71.6 Å². The van der Waals surface area contributed by atoms with Crippen molar-refractivity contribution < 1.29 is 77.0 Å². The normalized spacial score (nSPS) is 14.2. The van der Waals surface area contributed by atoms with Crippen molar-refractivity contribution in [3.63, 3.8) is 0 Å². The minimum atomic E-state index is -1.77. The number of aromatic amines is 2. The van der Waals surface area contributed by atoms with Gasteiger partial charge in [-0.3, -0.25) is 88.1 Å². The number of benzene rings is 2. The Labute approximate surface area is 758 Å². The van der Waals surface area contributed by atoms with Crippen molar-refractivity contribution in [2.45, 2.75) is 234 Å². The fourth-order valence-electron chi connectivity index (χ4n) is 13.6. The number of hydrogen-bond donors (Lipinski definition) is 31. The maximum Gasteiger partial charge on any atom is 0.325 e. The standard InChI is InChI=1S/C82H135N29O16S2/c1-45(2)38-61(68(115)99-43-66(113)100-46(3)79(126)127)108-72(119)55(24-11-14-33-85)101-69(116)54(23-10-13-32-84)102-75(122)60(30-37-129-4)107-71(118)56(25-15-34-94-80(88)89)104-76(123)62(39-47-41-97-52-21-7-5-18-49(47)52)110-74(121)59(28-29-65(87)112)106-77(124)63(40-48-42-98-53-22-8-6-19-50(48)53)109-73(120)58(27-17-36-96-82(92)93)103-70(117)57(26-16-35-95-81(90)91)105-78(125)64(44-128)111-67(114)51(86)20-9-12-31-83/h5-8,18-19,21-22,41-42,45-46,51,54-64,97-98,128H,9-17,20,23-40,43-44,83-86H2,1-4H3,(H2,87,112)(H,99,115)(H,100,113)(H,101,116)(H,102,122)(H,103,117)(H,104,123)(H,105,125)(H,106,124)(H,107,118)(H,108,119)(H,109,120)(H,110,121)(H,111,114)(H,126,127)(H4,88,89,94)(H4,90,91,95)(H4,92,93,96)/t46-,51-,54-,55-,56-,57-,58-,59-,60-,61-,62-,63-,64-/m0/s1. The number of carbonyl (C=O) groups excluding carboxylic acids is 14. The van der Waals surface area contributed by atoms with E-state index in [1.807, 2.05) is 0 Å². The summed E-state index contributed by atoms with van der Waals surface area (Å²) in [7, 11) is 0. The van der Waals surface area contributed by atoms with Crippen LogP contribution in [0.5, 0.6) is 0 Å². The zero-order valence-corrected chi connectivity index (χ0v) is 75.3. The molecule has 45 nitrogen and oxygen atoms in total. The van der Waals surface area contributed by atoms with E-state index in [1.54, 1.807) is 81.0 Å². The Morgan fingerprint density at radius 3 is 1.08 bits per heavy atom. The number of fused-ring (bicyclic) bond motifs is 2. The van der Waals surface area contributed by atoms with Crippen LogP contribution in [0.4, 0.5) is 0 Å². The monoisotopic (exact) mass is 1850 g/mol. The highest BCUT2D eigenvalue weighted by atomic mass is 32.2. The number of nitrogens with one attached hydrogen (secondary N) is 21. The fourth-order valence-corrected chi connectivity index (χ4v) is 14.3.